The van der Waals surface area contributed by atoms with Gasteiger partial charge in [0.15, 0.2) is 0 Å². The predicted octanol–water partition coefficient (Wildman–Crippen LogP) is 1.96. The van der Waals surface area contributed by atoms with E-state index in [9.17, 15) is 9.90 Å². The van der Waals surface area contributed by atoms with Crippen molar-refractivity contribution in [2.24, 2.45) is 0 Å². The minimum absolute atomic E-state index is 0.135. The fourth-order valence-corrected chi connectivity index (χ4v) is 1.99. The lowest BCUT2D eigenvalue weighted by atomic mass is 10.1. The van der Waals surface area contributed by atoms with Crippen molar-refractivity contribution in [2.45, 2.75) is 6.10 Å². The van der Waals surface area contributed by atoms with Crippen molar-refractivity contribution >= 4 is 11.6 Å². The second-order valence-electron chi connectivity index (χ2n) is 4.83. The van der Waals surface area contributed by atoms with Crippen LogP contribution in [0.15, 0.2) is 54.6 Å². The lowest BCUT2D eigenvalue weighted by Crippen LogP contribution is -2.31. The van der Waals surface area contributed by atoms with Crippen molar-refractivity contribution in [2.75, 3.05) is 25.5 Å². The Morgan fingerprint density at radius 2 is 1.82 bits per heavy atom. The molecule has 22 heavy (non-hydrogen) atoms. The Morgan fingerprint density at radius 1 is 1.14 bits per heavy atom. The van der Waals surface area contributed by atoms with Crippen LogP contribution in [0.3, 0.4) is 0 Å². The molecule has 1 amide bonds. The Morgan fingerprint density at radius 3 is 2.45 bits per heavy atom. The maximum Gasteiger partial charge on any atom is 0.238 e. The number of amides is 1. The monoisotopic (exact) mass is 300 g/mol. The van der Waals surface area contributed by atoms with Crippen molar-refractivity contribution in [1.29, 1.82) is 0 Å². The smallest absolute Gasteiger partial charge is 0.238 e. The third-order valence-corrected chi connectivity index (χ3v) is 3.18. The van der Waals surface area contributed by atoms with E-state index in [1.54, 1.807) is 31.4 Å². The molecule has 2 aromatic rings. The van der Waals surface area contributed by atoms with Crippen molar-refractivity contribution < 1.29 is 14.6 Å². The number of carbonyl (C=O) groups is 1. The zero-order valence-electron chi connectivity index (χ0n) is 12.5. The first-order valence-corrected chi connectivity index (χ1v) is 7.06. The van der Waals surface area contributed by atoms with Crippen molar-refractivity contribution in [3.63, 3.8) is 0 Å². The van der Waals surface area contributed by atoms with Gasteiger partial charge in [0, 0.05) is 12.2 Å². The van der Waals surface area contributed by atoms with Crippen LogP contribution in [0.25, 0.3) is 0 Å². The number of nitrogens with one attached hydrogen (secondary N) is 2. The van der Waals surface area contributed by atoms with Crippen LogP contribution in [0.1, 0.15) is 11.7 Å². The Balaban J connectivity index is 1.73. The fourth-order valence-electron chi connectivity index (χ4n) is 1.99. The largest absolute Gasteiger partial charge is 0.497 e. The zero-order valence-corrected chi connectivity index (χ0v) is 12.5. The molecule has 0 saturated heterocycles. The van der Waals surface area contributed by atoms with Gasteiger partial charge < -0.3 is 20.5 Å². The fraction of sp³-hybridized carbons (Fsp3) is 0.235. The van der Waals surface area contributed by atoms with Gasteiger partial charge in [-0.15, -0.1) is 0 Å². The number of anilines is 1. The number of rotatable bonds is 7. The first kappa shape index (κ1) is 16.0. The molecule has 2 rings (SSSR count). The number of aliphatic hydroxyl groups is 1. The molecular weight excluding hydrogens is 280 g/mol. The average molecular weight is 300 g/mol. The quantitative estimate of drug-likeness (QED) is 0.731. The molecule has 0 spiro atoms. The Bertz CT molecular complexity index is 585. The van der Waals surface area contributed by atoms with E-state index in [-0.39, 0.29) is 12.5 Å². The molecule has 0 radical (unpaired) electrons. The average Bonchev–Trinajstić information content (AvgIpc) is 2.56. The SMILES string of the molecule is COc1ccc(NC(=O)CNC[C@@H](O)c2ccccc2)cc1. The van der Waals surface area contributed by atoms with Gasteiger partial charge in [0.25, 0.3) is 0 Å². The van der Waals surface area contributed by atoms with Gasteiger partial charge in [-0.2, -0.15) is 0 Å². The van der Waals surface area contributed by atoms with Crippen molar-refractivity contribution in [3.05, 3.63) is 60.2 Å². The Labute approximate surface area is 129 Å². The third kappa shape index (κ3) is 4.87. The number of ether oxygens (including phenoxy) is 1. The number of hydrogen-bond donors (Lipinski definition) is 3. The molecule has 0 heterocycles. The molecule has 5 heteroatoms. The summed E-state index contributed by atoms with van der Waals surface area (Å²) >= 11 is 0. The highest BCUT2D eigenvalue weighted by atomic mass is 16.5. The first-order chi connectivity index (χ1) is 10.7. The molecule has 0 aliphatic heterocycles. The van der Waals surface area contributed by atoms with E-state index < -0.39 is 6.10 Å². The highest BCUT2D eigenvalue weighted by Crippen LogP contribution is 2.14. The molecule has 5 nitrogen and oxygen atoms in total. The topological polar surface area (TPSA) is 70.6 Å². The summed E-state index contributed by atoms with van der Waals surface area (Å²) in [5.74, 6) is 0.576. The summed E-state index contributed by atoms with van der Waals surface area (Å²) in [6, 6.07) is 16.4. The van der Waals surface area contributed by atoms with E-state index in [4.69, 9.17) is 4.74 Å². The third-order valence-electron chi connectivity index (χ3n) is 3.18. The van der Waals surface area contributed by atoms with Crippen molar-refractivity contribution in [1.82, 2.24) is 5.32 Å². The zero-order chi connectivity index (χ0) is 15.8. The summed E-state index contributed by atoms with van der Waals surface area (Å²) in [6.45, 7) is 0.454. The van der Waals surface area contributed by atoms with Crippen LogP contribution in [-0.4, -0.2) is 31.2 Å². The highest BCUT2D eigenvalue weighted by Gasteiger charge is 2.08. The summed E-state index contributed by atoms with van der Waals surface area (Å²) in [6.07, 6.45) is -0.630. The number of methoxy groups -OCH3 is 1. The van der Waals surface area contributed by atoms with E-state index >= 15 is 0 Å². The van der Waals surface area contributed by atoms with Crippen LogP contribution < -0.4 is 15.4 Å². The number of aliphatic hydroxyl groups excluding tert-OH is 1. The molecule has 0 bridgehead atoms. The molecule has 0 unspecified atom stereocenters. The molecule has 0 aliphatic rings. The summed E-state index contributed by atoms with van der Waals surface area (Å²) in [7, 11) is 1.59. The molecule has 3 N–H and O–H groups in total. The summed E-state index contributed by atoms with van der Waals surface area (Å²) in [5.41, 5.74) is 1.53. The molecular formula is C17H20N2O3. The van der Waals surface area contributed by atoms with Gasteiger partial charge in [0.2, 0.25) is 5.91 Å². The Kier molecular flexibility index (Phi) is 5.94. The standard InChI is InChI=1S/C17H20N2O3/c1-22-15-9-7-14(8-10-15)19-17(21)12-18-11-16(20)13-5-3-2-4-6-13/h2-10,16,18,20H,11-12H2,1H3,(H,19,21)/t16-/m1/s1. The molecule has 116 valence electrons. The van der Waals surface area contributed by atoms with E-state index in [0.29, 0.717) is 12.2 Å². The van der Waals surface area contributed by atoms with Crippen LogP contribution in [0.2, 0.25) is 0 Å². The maximum absolute atomic E-state index is 11.8. The predicted molar refractivity (Wildman–Crippen MR) is 85.9 cm³/mol. The second kappa shape index (κ2) is 8.17. The van der Waals surface area contributed by atoms with Crippen LogP contribution in [-0.2, 0) is 4.79 Å². The van der Waals surface area contributed by atoms with Crippen LogP contribution in [0.4, 0.5) is 5.69 Å². The van der Waals surface area contributed by atoms with Gasteiger partial charge in [-0.3, -0.25) is 4.79 Å². The maximum atomic E-state index is 11.8. The van der Waals surface area contributed by atoms with E-state index in [2.05, 4.69) is 10.6 Å². The molecule has 0 aromatic heterocycles. The van der Waals surface area contributed by atoms with Gasteiger partial charge in [0.05, 0.1) is 19.8 Å². The number of hydrogen-bond acceptors (Lipinski definition) is 4. The molecule has 0 saturated carbocycles. The van der Waals surface area contributed by atoms with E-state index in [1.165, 1.54) is 0 Å². The molecule has 0 aliphatic carbocycles. The summed E-state index contributed by atoms with van der Waals surface area (Å²) in [4.78, 5) is 11.8. The normalized spacial score (nSPS) is 11.7. The second-order valence-corrected chi connectivity index (χ2v) is 4.83. The summed E-state index contributed by atoms with van der Waals surface area (Å²) in [5, 5.41) is 15.7. The van der Waals surface area contributed by atoms with Gasteiger partial charge >= 0.3 is 0 Å². The van der Waals surface area contributed by atoms with Gasteiger partial charge in [-0.25, -0.2) is 0 Å². The lowest BCUT2D eigenvalue weighted by Gasteiger charge is -2.12. The van der Waals surface area contributed by atoms with Crippen molar-refractivity contribution in [3.8, 4) is 5.75 Å². The minimum atomic E-state index is -0.630. The number of benzene rings is 2. The Hall–Kier alpha value is -2.37. The molecule has 1 atom stereocenters. The number of carbonyl (C=O) groups excluding carboxylic acids is 1. The molecule has 2 aromatic carbocycles. The molecule has 0 fully saturated rings. The van der Waals surface area contributed by atoms with Crippen LogP contribution >= 0.6 is 0 Å². The van der Waals surface area contributed by atoms with E-state index in [1.807, 2.05) is 30.3 Å². The highest BCUT2D eigenvalue weighted by molar-refractivity contribution is 5.92. The lowest BCUT2D eigenvalue weighted by molar-refractivity contribution is -0.115. The van der Waals surface area contributed by atoms with Gasteiger partial charge in [0.1, 0.15) is 5.75 Å². The summed E-state index contributed by atoms with van der Waals surface area (Å²) < 4.78 is 5.05. The van der Waals surface area contributed by atoms with Crippen LogP contribution in [0.5, 0.6) is 5.75 Å². The minimum Gasteiger partial charge on any atom is -0.497 e. The van der Waals surface area contributed by atoms with E-state index in [0.717, 1.165) is 11.3 Å². The van der Waals surface area contributed by atoms with Crippen LogP contribution in [0, 0.1) is 0 Å². The first-order valence-electron chi connectivity index (χ1n) is 7.06. The van der Waals surface area contributed by atoms with Gasteiger partial charge in [-0.05, 0) is 29.8 Å². The van der Waals surface area contributed by atoms with Gasteiger partial charge in [-0.1, -0.05) is 30.3 Å².